The summed E-state index contributed by atoms with van der Waals surface area (Å²) in [6, 6.07) is 15.4. The van der Waals surface area contributed by atoms with Gasteiger partial charge in [0.1, 0.15) is 66.4 Å². The zero-order valence-corrected chi connectivity index (χ0v) is 39.0. The van der Waals surface area contributed by atoms with Crippen molar-refractivity contribution in [1.29, 1.82) is 0 Å². The van der Waals surface area contributed by atoms with Crippen molar-refractivity contribution in [2.24, 2.45) is 5.92 Å². The molecule has 16 heteroatoms. The maximum Gasteiger partial charge on any atom is 0.229 e. The first-order valence-corrected chi connectivity index (χ1v) is 22.8. The van der Waals surface area contributed by atoms with Crippen LogP contribution in [0.1, 0.15) is 107 Å². The monoisotopic (exact) mass is 914 g/mol. The highest BCUT2D eigenvalue weighted by molar-refractivity contribution is 5.58. The summed E-state index contributed by atoms with van der Waals surface area (Å²) in [5, 5.41) is 88.0. The van der Waals surface area contributed by atoms with Gasteiger partial charge in [0.2, 0.25) is 12.0 Å². The molecule has 16 nitrogen and oxygen atoms in total. The van der Waals surface area contributed by atoms with Crippen LogP contribution in [0.5, 0.6) is 28.7 Å². The first-order valence-electron chi connectivity index (χ1n) is 22.8. The minimum absolute atomic E-state index is 0.0141. The number of ether oxygens (including phenoxy) is 8. The lowest BCUT2D eigenvalue weighted by atomic mass is 9.91. The molecule has 0 radical (unpaired) electrons. The van der Waals surface area contributed by atoms with Gasteiger partial charge in [0.25, 0.3) is 0 Å². The number of hydrogen-bond acceptors (Lipinski definition) is 16. The van der Waals surface area contributed by atoms with E-state index >= 15 is 0 Å². The van der Waals surface area contributed by atoms with Gasteiger partial charge in [-0.1, -0.05) is 79.7 Å². The molecule has 0 aliphatic carbocycles. The third-order valence-corrected chi connectivity index (χ3v) is 12.7. The second kappa shape index (κ2) is 21.7. The number of aliphatic hydroxyl groups is 8. The van der Waals surface area contributed by atoms with E-state index in [9.17, 15) is 40.9 Å². The molecule has 0 saturated carbocycles. The van der Waals surface area contributed by atoms with Crippen molar-refractivity contribution < 1.29 is 78.7 Å². The SMILES string of the molecule is CC[C@H]1O[C@@H](O[C@H]2[C@H](O)[C@@H](O)[C@H](O[C@H]3[C@H](O)[C@@H](O)[C@H](Oc4c(Oc5ccc(C(C)C)cc5C)cc(C(C)C)cc4Oc4ccc(C(C)C)cc4C)O[C@@H]3CO)O[C@@H]2CO)[C@H](C)[C@@H](O)[C@H]1O. The molecule has 3 aromatic rings. The number of aliphatic hydroxyl groups excluding tert-OH is 8. The molecule has 15 atom stereocenters. The van der Waals surface area contributed by atoms with Crippen LogP contribution >= 0.6 is 0 Å². The zero-order valence-electron chi connectivity index (χ0n) is 39.0. The molecule has 0 aromatic heterocycles. The normalized spacial score (nSPS) is 33.2. The highest BCUT2D eigenvalue weighted by Gasteiger charge is 2.53. The lowest BCUT2D eigenvalue weighted by Crippen LogP contribution is -2.66. The topological polar surface area (TPSA) is 236 Å². The van der Waals surface area contributed by atoms with Crippen molar-refractivity contribution in [3.05, 3.63) is 76.3 Å². The first-order chi connectivity index (χ1) is 30.8. The van der Waals surface area contributed by atoms with Crippen LogP contribution in [0, 0.1) is 19.8 Å². The minimum atomic E-state index is -1.85. The standard InChI is InChI=1S/C49H70O16/c1-11-31-39(53)38(52)27(10)47(60-31)64-45-36(20-50)62-49(43(57)40(45)54)65-46-37(21-51)61-48(42(56)41(46)55)63-44-34(58-32-14-12-28(22(2)3)16-25(32)8)18-30(24(6)7)19-35(44)59-33-15-13-29(23(4)5)17-26(33)9/h12-19,22-24,27,31,36-43,45-57H,11,20-21H2,1-10H3/t27-,31-,36-,37-,38-,39+,40-,41-,42-,43-,45-,46-,47+,48+,49+/m1/s1. The van der Waals surface area contributed by atoms with E-state index in [2.05, 4.69) is 27.7 Å². The van der Waals surface area contributed by atoms with Gasteiger partial charge >= 0.3 is 0 Å². The third kappa shape index (κ3) is 11.1. The molecule has 3 fully saturated rings. The quantitative estimate of drug-likeness (QED) is 0.0966. The Bertz CT molecular complexity index is 1940. The lowest BCUT2D eigenvalue weighted by molar-refractivity contribution is -0.372. The summed E-state index contributed by atoms with van der Waals surface area (Å²) >= 11 is 0. The second-order valence-corrected chi connectivity index (χ2v) is 18.6. The molecule has 3 aliphatic rings. The summed E-state index contributed by atoms with van der Waals surface area (Å²) in [6.07, 6.45) is -20.3. The summed E-state index contributed by atoms with van der Waals surface area (Å²) in [5.74, 6) is 1.40. The van der Waals surface area contributed by atoms with E-state index in [4.69, 9.17) is 37.9 Å². The van der Waals surface area contributed by atoms with Crippen LogP contribution in [0.2, 0.25) is 0 Å². The van der Waals surface area contributed by atoms with Gasteiger partial charge in [0.05, 0.1) is 25.4 Å². The molecule has 3 aliphatic heterocycles. The van der Waals surface area contributed by atoms with Crippen molar-refractivity contribution in [3.8, 4) is 28.7 Å². The van der Waals surface area contributed by atoms with Crippen molar-refractivity contribution in [1.82, 2.24) is 0 Å². The van der Waals surface area contributed by atoms with Crippen LogP contribution < -0.4 is 14.2 Å². The molecule has 0 spiro atoms. The molecular formula is C49H70O16. The number of benzene rings is 3. The van der Waals surface area contributed by atoms with E-state index in [1.54, 1.807) is 13.8 Å². The van der Waals surface area contributed by atoms with Gasteiger partial charge in [-0.3, -0.25) is 0 Å². The predicted molar refractivity (Wildman–Crippen MR) is 237 cm³/mol. The molecule has 0 amide bonds. The van der Waals surface area contributed by atoms with E-state index < -0.39 is 105 Å². The summed E-state index contributed by atoms with van der Waals surface area (Å²) in [5.41, 5.74) is 4.84. The van der Waals surface area contributed by atoms with Crippen molar-refractivity contribution >= 4 is 0 Å². The van der Waals surface area contributed by atoms with E-state index in [0.29, 0.717) is 17.9 Å². The Balaban J connectivity index is 1.27. The second-order valence-electron chi connectivity index (χ2n) is 18.6. The maximum atomic E-state index is 11.7. The average molecular weight is 915 g/mol. The van der Waals surface area contributed by atoms with Gasteiger partial charge in [0, 0.05) is 5.92 Å². The summed E-state index contributed by atoms with van der Waals surface area (Å²) < 4.78 is 49.6. The Morgan fingerprint density at radius 2 is 0.938 bits per heavy atom. The average Bonchev–Trinajstić information content (AvgIpc) is 3.27. The predicted octanol–water partition coefficient (Wildman–Crippen LogP) is 4.78. The zero-order chi connectivity index (χ0) is 47.6. The van der Waals surface area contributed by atoms with Crippen LogP contribution in [-0.4, -0.2) is 140 Å². The van der Waals surface area contributed by atoms with Crippen LogP contribution in [0.15, 0.2) is 48.5 Å². The number of hydrogen-bond donors (Lipinski definition) is 8. The minimum Gasteiger partial charge on any atom is -0.454 e. The van der Waals surface area contributed by atoms with Gasteiger partial charge in [-0.2, -0.15) is 0 Å². The fraction of sp³-hybridized carbons (Fsp3) is 0.633. The Labute approximate surface area is 381 Å². The van der Waals surface area contributed by atoms with E-state index in [1.165, 1.54) is 0 Å². The van der Waals surface area contributed by atoms with Crippen LogP contribution in [0.4, 0.5) is 0 Å². The van der Waals surface area contributed by atoms with Crippen LogP contribution in [-0.2, 0) is 23.7 Å². The van der Waals surface area contributed by atoms with Crippen molar-refractivity contribution in [3.63, 3.8) is 0 Å². The van der Waals surface area contributed by atoms with Gasteiger partial charge in [-0.15, -0.1) is 0 Å². The van der Waals surface area contributed by atoms with Crippen LogP contribution in [0.25, 0.3) is 0 Å². The van der Waals surface area contributed by atoms with Gasteiger partial charge in [0.15, 0.2) is 24.1 Å². The smallest absolute Gasteiger partial charge is 0.229 e. The number of aryl methyl sites for hydroxylation is 2. The fourth-order valence-corrected chi connectivity index (χ4v) is 8.37. The van der Waals surface area contributed by atoms with Crippen molar-refractivity contribution in [2.45, 2.75) is 179 Å². The Morgan fingerprint density at radius 3 is 1.37 bits per heavy atom. The molecule has 0 bridgehead atoms. The van der Waals surface area contributed by atoms with E-state index in [-0.39, 0.29) is 35.0 Å². The fourth-order valence-electron chi connectivity index (χ4n) is 8.37. The summed E-state index contributed by atoms with van der Waals surface area (Å²) in [6.45, 7) is 18.2. The van der Waals surface area contributed by atoms with E-state index in [1.807, 2.05) is 76.2 Å². The van der Waals surface area contributed by atoms with Gasteiger partial charge < -0.3 is 78.7 Å². The Morgan fingerprint density at radius 1 is 0.508 bits per heavy atom. The van der Waals surface area contributed by atoms with Crippen molar-refractivity contribution in [2.75, 3.05) is 13.2 Å². The highest BCUT2D eigenvalue weighted by atomic mass is 16.8. The van der Waals surface area contributed by atoms with Gasteiger partial charge in [-0.25, -0.2) is 0 Å². The molecule has 8 N–H and O–H groups in total. The molecule has 3 aromatic carbocycles. The van der Waals surface area contributed by atoms with Crippen LogP contribution in [0.3, 0.4) is 0 Å². The highest BCUT2D eigenvalue weighted by Crippen LogP contribution is 2.47. The largest absolute Gasteiger partial charge is 0.454 e. The molecule has 6 rings (SSSR count). The summed E-state index contributed by atoms with van der Waals surface area (Å²) in [4.78, 5) is 0. The molecular weight excluding hydrogens is 845 g/mol. The molecule has 3 saturated heterocycles. The van der Waals surface area contributed by atoms with Gasteiger partial charge in [-0.05, 0) is 90.1 Å². The molecule has 362 valence electrons. The Hall–Kier alpha value is -3.46. The maximum absolute atomic E-state index is 11.7. The molecule has 0 unspecified atom stereocenters. The Kier molecular flexibility index (Phi) is 17.0. The third-order valence-electron chi connectivity index (χ3n) is 12.7. The van der Waals surface area contributed by atoms with E-state index in [0.717, 1.165) is 27.8 Å². The molecule has 65 heavy (non-hydrogen) atoms. The summed E-state index contributed by atoms with van der Waals surface area (Å²) in [7, 11) is 0. The lowest BCUT2D eigenvalue weighted by Gasteiger charge is -2.48. The first kappa shape index (κ1) is 50.9. The molecule has 3 heterocycles. The number of rotatable bonds is 16.